The van der Waals surface area contributed by atoms with E-state index < -0.39 is 0 Å². The number of rotatable bonds is 5. The van der Waals surface area contributed by atoms with Crippen LogP contribution in [0, 0.1) is 10.8 Å². The Bertz CT molecular complexity index is 434. The van der Waals surface area contributed by atoms with E-state index in [0.29, 0.717) is 6.54 Å². The summed E-state index contributed by atoms with van der Waals surface area (Å²) in [6, 6.07) is -0.204. The molecule has 0 radical (unpaired) electrons. The summed E-state index contributed by atoms with van der Waals surface area (Å²) in [5, 5.41) is 13.0. The summed E-state index contributed by atoms with van der Waals surface area (Å²) in [6.45, 7) is 10.3. The third-order valence-corrected chi connectivity index (χ3v) is 3.58. The fourth-order valence-electron chi connectivity index (χ4n) is 1.75. The molecule has 1 atom stereocenters. The van der Waals surface area contributed by atoms with E-state index in [1.54, 1.807) is 6.08 Å². The average molecular weight is 247 g/mol. The molecule has 3 N–H and O–H groups in total. The summed E-state index contributed by atoms with van der Waals surface area (Å²) >= 11 is 0. The van der Waals surface area contributed by atoms with Crippen molar-refractivity contribution >= 4 is 12.2 Å². The molecule has 1 aliphatic heterocycles. The Kier molecular flexibility index (Phi) is 4.48. The van der Waals surface area contributed by atoms with Gasteiger partial charge in [0, 0.05) is 23.9 Å². The van der Waals surface area contributed by atoms with E-state index in [4.69, 9.17) is 5.41 Å². The molecule has 18 heavy (non-hydrogen) atoms. The molecular formula is C14H21N3O. The van der Waals surface area contributed by atoms with Crippen molar-refractivity contribution in [3.8, 4) is 0 Å². The molecule has 1 heterocycles. The first-order chi connectivity index (χ1) is 8.46. The molecule has 2 amide bonds. The maximum absolute atomic E-state index is 11.2. The van der Waals surface area contributed by atoms with Gasteiger partial charge in [0.05, 0.1) is 0 Å². The molecule has 0 spiro atoms. The lowest BCUT2D eigenvalue weighted by Gasteiger charge is -2.26. The Morgan fingerprint density at radius 2 is 2.28 bits per heavy atom. The number of hydrogen-bond acceptors (Lipinski definition) is 2. The van der Waals surface area contributed by atoms with Crippen LogP contribution in [0.5, 0.6) is 0 Å². The van der Waals surface area contributed by atoms with Gasteiger partial charge in [0.1, 0.15) is 0 Å². The van der Waals surface area contributed by atoms with Crippen LogP contribution >= 0.6 is 0 Å². The van der Waals surface area contributed by atoms with E-state index in [-0.39, 0.29) is 11.4 Å². The average Bonchev–Trinajstić information content (AvgIpc) is 2.39. The number of nitrogens with one attached hydrogen (secondary N) is 3. The molecule has 0 aromatic carbocycles. The first-order valence-corrected chi connectivity index (χ1v) is 6.07. The van der Waals surface area contributed by atoms with Crippen molar-refractivity contribution in [3.05, 3.63) is 35.6 Å². The Hall–Kier alpha value is -1.84. The van der Waals surface area contributed by atoms with Crippen molar-refractivity contribution in [1.82, 2.24) is 10.6 Å². The van der Waals surface area contributed by atoms with Crippen molar-refractivity contribution in [1.29, 1.82) is 5.41 Å². The van der Waals surface area contributed by atoms with Gasteiger partial charge in [-0.2, -0.15) is 0 Å². The summed E-state index contributed by atoms with van der Waals surface area (Å²) in [5.74, 6) is 0. The minimum Gasteiger partial charge on any atom is -0.334 e. The molecule has 0 bridgehead atoms. The third-order valence-electron chi connectivity index (χ3n) is 3.58. The highest BCUT2D eigenvalue weighted by atomic mass is 16.2. The molecule has 4 nitrogen and oxygen atoms in total. The summed E-state index contributed by atoms with van der Waals surface area (Å²) in [4.78, 5) is 11.2. The molecule has 4 heteroatoms. The third kappa shape index (κ3) is 2.88. The first kappa shape index (κ1) is 14.2. The molecule has 1 unspecified atom stereocenters. The van der Waals surface area contributed by atoms with Gasteiger partial charge in [-0.1, -0.05) is 32.1 Å². The highest BCUT2D eigenvalue weighted by Crippen LogP contribution is 2.29. The predicted molar refractivity (Wildman–Crippen MR) is 74.7 cm³/mol. The van der Waals surface area contributed by atoms with Crippen LogP contribution in [-0.4, -0.2) is 18.8 Å². The van der Waals surface area contributed by atoms with Gasteiger partial charge in [-0.3, -0.25) is 0 Å². The molecule has 1 aliphatic rings. The molecule has 0 saturated heterocycles. The van der Waals surface area contributed by atoms with Crippen LogP contribution in [0.1, 0.15) is 27.2 Å². The van der Waals surface area contributed by atoms with Crippen molar-refractivity contribution in [2.24, 2.45) is 5.41 Å². The lowest BCUT2D eigenvalue weighted by molar-refractivity contribution is 0.243. The number of carbonyl (C=O) groups excluding carboxylic acids is 1. The first-order valence-electron chi connectivity index (χ1n) is 6.07. The second-order valence-electron chi connectivity index (χ2n) is 4.69. The van der Waals surface area contributed by atoms with Crippen molar-refractivity contribution in [2.45, 2.75) is 27.2 Å². The van der Waals surface area contributed by atoms with Crippen LogP contribution < -0.4 is 10.6 Å². The van der Waals surface area contributed by atoms with Gasteiger partial charge in [-0.05, 0) is 25.0 Å². The molecule has 0 aromatic rings. The van der Waals surface area contributed by atoms with E-state index >= 15 is 0 Å². The zero-order chi connectivity index (χ0) is 13.8. The zero-order valence-electron chi connectivity index (χ0n) is 11.3. The van der Waals surface area contributed by atoms with Crippen molar-refractivity contribution in [2.75, 3.05) is 6.54 Å². The quantitative estimate of drug-likeness (QED) is 0.643. The minimum absolute atomic E-state index is 0.204. The Labute approximate surface area is 108 Å². The smallest absolute Gasteiger partial charge is 0.319 e. The molecule has 1 rings (SSSR count). The monoisotopic (exact) mass is 247 g/mol. The molecule has 98 valence electrons. The largest absolute Gasteiger partial charge is 0.334 e. The number of urea groups is 1. The van der Waals surface area contributed by atoms with Gasteiger partial charge in [0.15, 0.2) is 0 Å². The number of amides is 2. The minimum atomic E-state index is -0.235. The number of carbonyl (C=O) groups is 1. The topological polar surface area (TPSA) is 65.0 Å². The summed E-state index contributed by atoms with van der Waals surface area (Å²) < 4.78 is 0. The standard InChI is InChI=1S/C14H21N3O/c1-5-12-11(8-16-13(18)17-12)7-10(3)14(4,6-2)9-15/h5,7,9,15H,1,6,8H2,2-4H3,(H2,16,17,18)/b10-7+,15-9?. The van der Waals surface area contributed by atoms with Gasteiger partial charge in [0.25, 0.3) is 0 Å². The molecule has 0 aromatic heterocycles. The maximum atomic E-state index is 11.2. The second-order valence-corrected chi connectivity index (χ2v) is 4.69. The van der Waals surface area contributed by atoms with Crippen LogP contribution in [0.15, 0.2) is 35.6 Å². The maximum Gasteiger partial charge on any atom is 0.319 e. The number of hydrogen-bond donors (Lipinski definition) is 3. The Morgan fingerprint density at radius 1 is 1.61 bits per heavy atom. The van der Waals surface area contributed by atoms with Gasteiger partial charge >= 0.3 is 6.03 Å². The van der Waals surface area contributed by atoms with Gasteiger partial charge in [-0.25, -0.2) is 4.79 Å². The fraction of sp³-hybridized carbons (Fsp3) is 0.429. The molecular weight excluding hydrogens is 226 g/mol. The second kappa shape index (κ2) is 5.67. The van der Waals surface area contributed by atoms with Gasteiger partial charge < -0.3 is 16.0 Å². The van der Waals surface area contributed by atoms with Crippen molar-refractivity contribution in [3.63, 3.8) is 0 Å². The zero-order valence-corrected chi connectivity index (χ0v) is 11.3. The van der Waals surface area contributed by atoms with Gasteiger partial charge in [0.2, 0.25) is 0 Å². The van der Waals surface area contributed by atoms with Crippen LogP contribution in [-0.2, 0) is 0 Å². The Morgan fingerprint density at radius 3 is 2.78 bits per heavy atom. The summed E-state index contributed by atoms with van der Waals surface area (Å²) in [5.41, 5.74) is 2.60. The lowest BCUT2D eigenvalue weighted by atomic mass is 9.80. The van der Waals surface area contributed by atoms with E-state index in [9.17, 15) is 4.79 Å². The van der Waals surface area contributed by atoms with Crippen LogP contribution in [0.2, 0.25) is 0 Å². The summed E-state index contributed by atoms with van der Waals surface area (Å²) in [7, 11) is 0. The number of allylic oxidation sites excluding steroid dienone is 2. The highest BCUT2D eigenvalue weighted by molar-refractivity contribution is 5.79. The SMILES string of the molecule is C=CC1=C(/C=C(\C)C(C)(C=N)CC)CNC(=O)N1. The molecule has 0 saturated carbocycles. The molecule has 0 fully saturated rings. The highest BCUT2D eigenvalue weighted by Gasteiger charge is 2.22. The van der Waals surface area contributed by atoms with Crippen LogP contribution in [0.4, 0.5) is 4.79 Å². The van der Waals surface area contributed by atoms with E-state index in [1.807, 2.05) is 19.9 Å². The van der Waals surface area contributed by atoms with E-state index in [0.717, 1.165) is 23.3 Å². The van der Waals surface area contributed by atoms with Crippen LogP contribution in [0.3, 0.4) is 0 Å². The van der Waals surface area contributed by atoms with E-state index in [1.165, 1.54) is 6.21 Å². The lowest BCUT2D eigenvalue weighted by Crippen LogP contribution is -2.41. The predicted octanol–water partition coefficient (Wildman–Crippen LogP) is 2.75. The summed E-state index contributed by atoms with van der Waals surface area (Å²) in [6.07, 6.45) is 6.01. The van der Waals surface area contributed by atoms with Gasteiger partial charge in [-0.15, -0.1) is 0 Å². The fourth-order valence-corrected chi connectivity index (χ4v) is 1.75. The van der Waals surface area contributed by atoms with Crippen LogP contribution in [0.25, 0.3) is 0 Å². The van der Waals surface area contributed by atoms with Crippen molar-refractivity contribution < 1.29 is 4.79 Å². The molecule has 0 aliphatic carbocycles. The van der Waals surface area contributed by atoms with E-state index in [2.05, 4.69) is 24.1 Å². The Balaban J connectivity index is 3.10. The normalized spacial score (nSPS) is 19.7.